The Morgan fingerprint density at radius 1 is 0.472 bits per heavy atom. The van der Waals surface area contributed by atoms with Gasteiger partial charge in [0.1, 0.15) is 0 Å². The van der Waals surface area contributed by atoms with E-state index in [0.29, 0.717) is 0 Å². The van der Waals surface area contributed by atoms with E-state index in [1.807, 2.05) is 0 Å². The van der Waals surface area contributed by atoms with Crippen molar-refractivity contribution >= 4 is 7.74 Å². The minimum absolute atomic E-state index is 0.439. The summed E-state index contributed by atoms with van der Waals surface area (Å²) in [5.41, 5.74) is -3.71. The standard InChI is InChI=1S/C20H17F10O5P/c1-4-31-36(32-5-2,33-6-3)34-19(7-9(21)13(25)17(29)14(26)10(7)22)20(35-36)8-11(23)15(27)18(30)16(28)12(8)24/h19-20H,4-6H2,1-3H3. The molecular weight excluding hydrogens is 541 g/mol. The summed E-state index contributed by atoms with van der Waals surface area (Å²) in [4.78, 5) is 0. The Labute approximate surface area is 197 Å². The second kappa shape index (κ2) is 10.0. The van der Waals surface area contributed by atoms with E-state index < -0.39 is 109 Å². The molecule has 36 heavy (non-hydrogen) atoms. The zero-order valence-electron chi connectivity index (χ0n) is 18.5. The van der Waals surface area contributed by atoms with Crippen LogP contribution in [0.3, 0.4) is 0 Å². The normalized spacial score (nSPS) is 22.0. The van der Waals surface area contributed by atoms with E-state index in [1.165, 1.54) is 20.8 Å². The molecule has 1 aliphatic heterocycles. The molecule has 0 saturated carbocycles. The number of halogens is 10. The van der Waals surface area contributed by atoms with Gasteiger partial charge in [-0.05, 0) is 0 Å². The Bertz CT molecular complexity index is 1040. The third kappa shape index (κ3) is 4.25. The molecule has 0 spiro atoms. The predicted molar refractivity (Wildman–Crippen MR) is 102 cm³/mol. The van der Waals surface area contributed by atoms with Crippen LogP contribution in [0.15, 0.2) is 0 Å². The number of rotatable bonds is 8. The van der Waals surface area contributed by atoms with Crippen LogP contribution >= 0.6 is 7.74 Å². The second-order valence-electron chi connectivity index (χ2n) is 7.02. The Morgan fingerprint density at radius 2 is 0.694 bits per heavy atom. The van der Waals surface area contributed by atoms with Gasteiger partial charge in [0, 0.05) is 0 Å². The molecule has 5 nitrogen and oxygen atoms in total. The molecule has 1 aliphatic rings. The van der Waals surface area contributed by atoms with Crippen molar-refractivity contribution in [3.05, 3.63) is 69.3 Å². The molecule has 1 saturated heterocycles. The average Bonchev–Trinajstić information content (AvgIpc) is 3.14. The quantitative estimate of drug-likeness (QED) is 0.149. The third-order valence-electron chi connectivity index (χ3n) is 4.92. The zero-order chi connectivity index (χ0) is 27.2. The molecule has 0 radical (unpaired) electrons. The molecule has 0 aromatic heterocycles. The molecule has 0 bridgehead atoms. The fraction of sp³-hybridized carbons (Fsp3) is 0.400. The van der Waals surface area contributed by atoms with Crippen LogP contribution in [-0.2, 0) is 22.6 Å². The third-order valence-corrected chi connectivity index (χ3v) is 8.10. The number of hydrogen-bond donors (Lipinski definition) is 0. The van der Waals surface area contributed by atoms with Crippen molar-refractivity contribution in [3.8, 4) is 0 Å². The Kier molecular flexibility index (Phi) is 7.95. The van der Waals surface area contributed by atoms with Crippen molar-refractivity contribution in [3.63, 3.8) is 0 Å². The fourth-order valence-electron chi connectivity index (χ4n) is 3.58. The van der Waals surface area contributed by atoms with Gasteiger partial charge in [-0.25, -0.2) is 0 Å². The van der Waals surface area contributed by atoms with Gasteiger partial charge < -0.3 is 0 Å². The fourth-order valence-corrected chi connectivity index (χ4v) is 6.66. The first-order valence-corrected chi connectivity index (χ1v) is 12.0. The first-order chi connectivity index (χ1) is 16.8. The SMILES string of the molecule is CCOP1(OCC)(OCC)OC(c2c(F)c(F)c(F)c(F)c2F)C(c2c(F)c(F)c(F)c(F)c2F)O1. The molecule has 2 unspecified atom stereocenters. The van der Waals surface area contributed by atoms with E-state index >= 15 is 0 Å². The summed E-state index contributed by atoms with van der Waals surface area (Å²) in [6.45, 7) is 2.55. The monoisotopic (exact) mass is 558 g/mol. The first-order valence-electron chi connectivity index (χ1n) is 10.2. The molecular formula is C20H17F10O5P. The first kappa shape index (κ1) is 28.5. The molecule has 1 fully saturated rings. The summed E-state index contributed by atoms with van der Waals surface area (Å²) in [7, 11) is -5.71. The predicted octanol–water partition coefficient (Wildman–Crippen LogP) is 7.14. The van der Waals surface area contributed by atoms with Crippen LogP contribution in [0.5, 0.6) is 0 Å². The summed E-state index contributed by atoms with van der Waals surface area (Å²) in [5, 5.41) is 0. The Balaban J connectivity index is 2.44. The molecule has 0 N–H and O–H groups in total. The van der Waals surface area contributed by atoms with E-state index in [1.54, 1.807) is 0 Å². The summed E-state index contributed by atoms with van der Waals surface area (Å²) in [6.07, 6.45) is -5.55. The van der Waals surface area contributed by atoms with Crippen molar-refractivity contribution in [2.45, 2.75) is 33.0 Å². The maximum absolute atomic E-state index is 14.7. The van der Waals surface area contributed by atoms with Gasteiger partial charge in [-0.3, -0.25) is 0 Å². The van der Waals surface area contributed by atoms with Crippen molar-refractivity contribution in [2.24, 2.45) is 0 Å². The maximum atomic E-state index is 14.7. The van der Waals surface area contributed by atoms with Crippen molar-refractivity contribution in [1.29, 1.82) is 0 Å². The summed E-state index contributed by atoms with van der Waals surface area (Å²) in [5.74, 6) is -25.2. The molecule has 2 aromatic carbocycles. The molecule has 1 heterocycles. The molecule has 0 aliphatic carbocycles. The molecule has 2 aromatic rings. The molecule has 0 amide bonds. The molecule has 16 heteroatoms. The number of hydrogen-bond acceptors (Lipinski definition) is 5. The number of benzene rings is 2. The van der Waals surface area contributed by atoms with E-state index in [2.05, 4.69) is 0 Å². The van der Waals surface area contributed by atoms with E-state index in [-0.39, 0.29) is 0 Å². The van der Waals surface area contributed by atoms with E-state index in [0.717, 1.165) is 0 Å². The average molecular weight is 558 g/mol. The van der Waals surface area contributed by atoms with Crippen LogP contribution < -0.4 is 0 Å². The molecule has 202 valence electrons. The summed E-state index contributed by atoms with van der Waals surface area (Å²) in [6, 6.07) is 0. The Morgan fingerprint density at radius 3 is 0.917 bits per heavy atom. The van der Waals surface area contributed by atoms with Gasteiger partial charge in [-0.2, -0.15) is 0 Å². The van der Waals surface area contributed by atoms with Crippen LogP contribution in [0.4, 0.5) is 43.9 Å². The van der Waals surface area contributed by atoms with Gasteiger partial charge in [0.05, 0.1) is 0 Å². The van der Waals surface area contributed by atoms with Gasteiger partial charge in [-0.15, -0.1) is 0 Å². The van der Waals surface area contributed by atoms with E-state index in [9.17, 15) is 43.9 Å². The van der Waals surface area contributed by atoms with Crippen LogP contribution in [-0.4, -0.2) is 19.8 Å². The van der Waals surface area contributed by atoms with Crippen LogP contribution in [0.2, 0.25) is 0 Å². The Hall–Kier alpha value is -2.03. The van der Waals surface area contributed by atoms with Gasteiger partial charge in [0.15, 0.2) is 0 Å². The second-order valence-corrected chi connectivity index (χ2v) is 9.70. The van der Waals surface area contributed by atoms with Gasteiger partial charge in [-0.1, -0.05) is 0 Å². The molecule has 3 rings (SSSR count). The van der Waals surface area contributed by atoms with Crippen LogP contribution in [0, 0.1) is 58.2 Å². The summed E-state index contributed by atoms with van der Waals surface area (Å²) < 4.78 is 169. The van der Waals surface area contributed by atoms with Crippen LogP contribution in [0.1, 0.15) is 44.1 Å². The zero-order valence-corrected chi connectivity index (χ0v) is 19.4. The molecule has 2 atom stereocenters. The van der Waals surface area contributed by atoms with Crippen molar-refractivity contribution in [2.75, 3.05) is 19.8 Å². The van der Waals surface area contributed by atoms with E-state index in [4.69, 9.17) is 22.6 Å². The van der Waals surface area contributed by atoms with Crippen molar-refractivity contribution in [1.82, 2.24) is 0 Å². The van der Waals surface area contributed by atoms with Gasteiger partial charge >= 0.3 is 196 Å². The summed E-state index contributed by atoms with van der Waals surface area (Å²) >= 11 is 0. The van der Waals surface area contributed by atoms with Gasteiger partial charge in [0.25, 0.3) is 0 Å². The minimum atomic E-state index is -5.71. The topological polar surface area (TPSA) is 46.2 Å². The van der Waals surface area contributed by atoms with Crippen LogP contribution in [0.25, 0.3) is 0 Å². The van der Waals surface area contributed by atoms with Gasteiger partial charge in [0.2, 0.25) is 0 Å². The van der Waals surface area contributed by atoms with Crippen molar-refractivity contribution < 1.29 is 66.5 Å².